The Labute approximate surface area is 123 Å². The Kier molecular flexibility index (Phi) is 5.44. The average molecular weight is 276 g/mol. The molecule has 0 saturated heterocycles. The van der Waals surface area contributed by atoms with Gasteiger partial charge >= 0.3 is 0 Å². The van der Waals surface area contributed by atoms with E-state index in [1.54, 1.807) is 7.11 Å². The Bertz CT molecular complexity index is 413. The SMILES string of the molecule is COc1ccccc1C(CN)N(C)C1CCC(C)CC1. The zero-order valence-electron chi connectivity index (χ0n) is 13.0. The topological polar surface area (TPSA) is 38.5 Å². The van der Waals surface area contributed by atoms with E-state index in [2.05, 4.69) is 31.0 Å². The van der Waals surface area contributed by atoms with Crippen molar-refractivity contribution in [3.05, 3.63) is 29.8 Å². The van der Waals surface area contributed by atoms with Gasteiger partial charge in [0.1, 0.15) is 5.75 Å². The van der Waals surface area contributed by atoms with Crippen LogP contribution in [0.1, 0.15) is 44.2 Å². The summed E-state index contributed by atoms with van der Waals surface area (Å²) >= 11 is 0. The van der Waals surface area contributed by atoms with Crippen molar-refractivity contribution in [2.75, 3.05) is 20.7 Å². The van der Waals surface area contributed by atoms with Gasteiger partial charge in [-0.05, 0) is 44.7 Å². The Morgan fingerprint density at radius 3 is 2.50 bits per heavy atom. The number of para-hydroxylation sites is 1. The van der Waals surface area contributed by atoms with Crippen molar-refractivity contribution < 1.29 is 4.74 Å². The molecule has 1 atom stereocenters. The second kappa shape index (κ2) is 7.09. The predicted molar refractivity (Wildman–Crippen MR) is 84.0 cm³/mol. The molecular formula is C17H28N2O. The molecule has 1 aromatic rings. The first-order valence-corrected chi connectivity index (χ1v) is 7.72. The zero-order valence-corrected chi connectivity index (χ0v) is 13.0. The van der Waals surface area contributed by atoms with E-state index in [9.17, 15) is 0 Å². The minimum atomic E-state index is 0.240. The molecule has 2 rings (SSSR count). The highest BCUT2D eigenvalue weighted by Gasteiger charge is 2.28. The van der Waals surface area contributed by atoms with Crippen LogP contribution in [0.2, 0.25) is 0 Å². The molecule has 1 fully saturated rings. The van der Waals surface area contributed by atoms with Crippen LogP contribution in [0.25, 0.3) is 0 Å². The van der Waals surface area contributed by atoms with Gasteiger partial charge in [-0.3, -0.25) is 4.90 Å². The van der Waals surface area contributed by atoms with Crippen LogP contribution in [0.4, 0.5) is 0 Å². The largest absolute Gasteiger partial charge is 0.496 e. The summed E-state index contributed by atoms with van der Waals surface area (Å²) < 4.78 is 5.50. The van der Waals surface area contributed by atoms with Crippen LogP contribution in [-0.4, -0.2) is 31.6 Å². The van der Waals surface area contributed by atoms with E-state index in [1.807, 2.05) is 12.1 Å². The second-order valence-corrected chi connectivity index (χ2v) is 6.07. The lowest BCUT2D eigenvalue weighted by Gasteiger charge is -2.38. The minimum Gasteiger partial charge on any atom is -0.496 e. The summed E-state index contributed by atoms with van der Waals surface area (Å²) in [6.45, 7) is 2.99. The molecule has 112 valence electrons. The van der Waals surface area contributed by atoms with Crippen LogP contribution in [0, 0.1) is 5.92 Å². The van der Waals surface area contributed by atoms with E-state index in [1.165, 1.54) is 31.2 Å². The number of hydrogen-bond donors (Lipinski definition) is 1. The molecule has 0 heterocycles. The molecule has 3 heteroatoms. The monoisotopic (exact) mass is 276 g/mol. The molecule has 0 radical (unpaired) electrons. The summed E-state index contributed by atoms with van der Waals surface area (Å²) in [6, 6.07) is 9.12. The third-order valence-corrected chi connectivity index (χ3v) is 4.77. The molecule has 20 heavy (non-hydrogen) atoms. The van der Waals surface area contributed by atoms with Crippen LogP contribution in [0.3, 0.4) is 0 Å². The van der Waals surface area contributed by atoms with Crippen molar-refractivity contribution in [2.24, 2.45) is 11.7 Å². The highest BCUT2D eigenvalue weighted by Crippen LogP contribution is 2.34. The molecule has 1 unspecified atom stereocenters. The fraction of sp³-hybridized carbons (Fsp3) is 0.647. The number of ether oxygens (including phenoxy) is 1. The standard InChI is InChI=1S/C17H28N2O/c1-13-8-10-14(11-9-13)19(2)16(12-18)15-6-4-5-7-17(15)20-3/h4-7,13-14,16H,8-12,18H2,1-3H3. The highest BCUT2D eigenvalue weighted by atomic mass is 16.5. The molecule has 1 aliphatic carbocycles. The van der Waals surface area contributed by atoms with E-state index in [-0.39, 0.29) is 6.04 Å². The summed E-state index contributed by atoms with van der Waals surface area (Å²) in [6.07, 6.45) is 5.23. The van der Waals surface area contributed by atoms with Gasteiger partial charge in [-0.1, -0.05) is 25.1 Å². The molecule has 0 spiro atoms. The molecule has 1 aromatic carbocycles. The average Bonchev–Trinajstić information content (AvgIpc) is 2.49. The van der Waals surface area contributed by atoms with Crippen LogP contribution in [0.5, 0.6) is 5.75 Å². The van der Waals surface area contributed by atoms with Crippen molar-refractivity contribution in [1.82, 2.24) is 4.90 Å². The molecule has 0 amide bonds. The first kappa shape index (κ1) is 15.3. The van der Waals surface area contributed by atoms with Crippen molar-refractivity contribution in [2.45, 2.75) is 44.7 Å². The van der Waals surface area contributed by atoms with Gasteiger partial charge in [-0.15, -0.1) is 0 Å². The van der Waals surface area contributed by atoms with E-state index in [4.69, 9.17) is 10.5 Å². The summed E-state index contributed by atoms with van der Waals surface area (Å²) in [4.78, 5) is 2.46. The maximum atomic E-state index is 6.07. The molecule has 1 saturated carbocycles. The van der Waals surface area contributed by atoms with Crippen LogP contribution in [0.15, 0.2) is 24.3 Å². The molecule has 0 bridgehead atoms. The molecule has 2 N–H and O–H groups in total. The van der Waals surface area contributed by atoms with Crippen LogP contribution in [-0.2, 0) is 0 Å². The fourth-order valence-electron chi connectivity index (χ4n) is 3.36. The summed E-state index contributed by atoms with van der Waals surface area (Å²) in [5, 5.41) is 0. The summed E-state index contributed by atoms with van der Waals surface area (Å²) in [5.41, 5.74) is 7.27. The predicted octanol–water partition coefficient (Wildman–Crippen LogP) is 3.21. The number of methoxy groups -OCH3 is 1. The lowest BCUT2D eigenvalue weighted by atomic mass is 9.86. The van der Waals surface area contributed by atoms with E-state index < -0.39 is 0 Å². The Morgan fingerprint density at radius 1 is 1.25 bits per heavy atom. The first-order valence-electron chi connectivity index (χ1n) is 7.72. The Morgan fingerprint density at radius 2 is 1.90 bits per heavy atom. The molecule has 0 aliphatic heterocycles. The number of nitrogens with zero attached hydrogens (tertiary/aromatic N) is 1. The van der Waals surface area contributed by atoms with Gasteiger partial charge in [0.05, 0.1) is 13.2 Å². The Hall–Kier alpha value is -1.06. The number of benzene rings is 1. The van der Waals surface area contributed by atoms with Gasteiger partial charge in [-0.25, -0.2) is 0 Å². The molecule has 1 aliphatic rings. The number of likely N-dealkylation sites (N-methyl/N-ethyl adjacent to an activating group) is 1. The minimum absolute atomic E-state index is 0.240. The zero-order chi connectivity index (χ0) is 14.5. The number of nitrogens with two attached hydrogens (primary N) is 1. The van der Waals surface area contributed by atoms with Gasteiger partial charge in [0, 0.05) is 18.2 Å². The normalized spacial score (nSPS) is 24.6. The summed E-state index contributed by atoms with van der Waals surface area (Å²) in [7, 11) is 3.94. The van der Waals surface area contributed by atoms with Gasteiger partial charge in [0.2, 0.25) is 0 Å². The number of rotatable bonds is 5. The number of hydrogen-bond acceptors (Lipinski definition) is 3. The molecular weight excluding hydrogens is 248 g/mol. The van der Waals surface area contributed by atoms with Crippen LogP contribution >= 0.6 is 0 Å². The van der Waals surface area contributed by atoms with E-state index >= 15 is 0 Å². The Balaban J connectivity index is 2.14. The van der Waals surface area contributed by atoms with Gasteiger partial charge in [0.25, 0.3) is 0 Å². The van der Waals surface area contributed by atoms with Crippen molar-refractivity contribution in [1.29, 1.82) is 0 Å². The fourth-order valence-corrected chi connectivity index (χ4v) is 3.36. The smallest absolute Gasteiger partial charge is 0.123 e. The first-order chi connectivity index (χ1) is 9.67. The van der Waals surface area contributed by atoms with E-state index in [0.717, 1.165) is 11.7 Å². The lowest BCUT2D eigenvalue weighted by molar-refractivity contribution is 0.124. The quantitative estimate of drug-likeness (QED) is 0.897. The van der Waals surface area contributed by atoms with Gasteiger partial charge in [-0.2, -0.15) is 0 Å². The van der Waals surface area contributed by atoms with E-state index in [0.29, 0.717) is 12.6 Å². The molecule has 0 aromatic heterocycles. The van der Waals surface area contributed by atoms with Crippen molar-refractivity contribution in [3.63, 3.8) is 0 Å². The second-order valence-electron chi connectivity index (χ2n) is 6.07. The van der Waals surface area contributed by atoms with Crippen LogP contribution < -0.4 is 10.5 Å². The van der Waals surface area contributed by atoms with Gasteiger partial charge < -0.3 is 10.5 Å². The highest BCUT2D eigenvalue weighted by molar-refractivity contribution is 5.36. The summed E-state index contributed by atoms with van der Waals surface area (Å²) in [5.74, 6) is 1.82. The maximum absolute atomic E-state index is 6.07. The van der Waals surface area contributed by atoms with Crippen molar-refractivity contribution >= 4 is 0 Å². The third-order valence-electron chi connectivity index (χ3n) is 4.77. The van der Waals surface area contributed by atoms with Crippen molar-refractivity contribution in [3.8, 4) is 5.75 Å². The maximum Gasteiger partial charge on any atom is 0.123 e. The third kappa shape index (κ3) is 3.33. The lowest BCUT2D eigenvalue weighted by Crippen LogP contribution is -2.40. The molecule has 3 nitrogen and oxygen atoms in total. The van der Waals surface area contributed by atoms with Gasteiger partial charge in [0.15, 0.2) is 0 Å².